The molecule has 3 aromatic carbocycles. The van der Waals surface area contributed by atoms with E-state index in [0.29, 0.717) is 30.3 Å². The number of hydrogen-bond donors (Lipinski definition) is 0. The third-order valence-corrected chi connectivity index (χ3v) is 4.85. The molecule has 3 aromatic rings. The van der Waals surface area contributed by atoms with Crippen LogP contribution < -0.4 is 9.47 Å². The summed E-state index contributed by atoms with van der Waals surface area (Å²) in [5, 5.41) is 0. The Morgan fingerprint density at radius 1 is 0.793 bits per heavy atom. The Bertz CT molecular complexity index is 949. The van der Waals surface area contributed by atoms with E-state index < -0.39 is 0 Å². The van der Waals surface area contributed by atoms with Gasteiger partial charge in [-0.25, -0.2) is 0 Å². The zero-order chi connectivity index (χ0) is 20.9. The molecule has 0 aliphatic carbocycles. The van der Waals surface area contributed by atoms with Crippen molar-refractivity contribution in [1.29, 1.82) is 0 Å². The number of aryl methyl sites for hydroxylation is 1. The van der Waals surface area contributed by atoms with Crippen molar-refractivity contribution in [3.63, 3.8) is 0 Å². The van der Waals surface area contributed by atoms with Crippen LogP contribution in [0.4, 0.5) is 0 Å². The molecule has 29 heavy (non-hydrogen) atoms. The second-order valence-electron chi connectivity index (χ2n) is 8.33. The highest BCUT2D eigenvalue weighted by molar-refractivity contribution is 5.80. The molecular weight excluding hydrogens is 360 g/mol. The average molecular weight is 389 g/mol. The molecule has 0 aromatic heterocycles. The lowest BCUT2D eigenvalue weighted by atomic mass is 9.87. The fourth-order valence-electron chi connectivity index (χ4n) is 2.95. The Balaban J connectivity index is 1.62. The molecule has 0 fully saturated rings. The molecule has 0 aliphatic rings. The summed E-state index contributed by atoms with van der Waals surface area (Å²) >= 11 is 0. The fourth-order valence-corrected chi connectivity index (χ4v) is 2.95. The van der Waals surface area contributed by atoms with E-state index in [1.807, 2.05) is 18.2 Å². The maximum atomic E-state index is 11.5. The van der Waals surface area contributed by atoms with Crippen LogP contribution in [0.25, 0.3) is 0 Å². The van der Waals surface area contributed by atoms with Gasteiger partial charge in [0.05, 0.1) is 5.56 Å². The molecule has 0 heterocycles. The number of rotatable bonds is 7. The molecule has 0 bridgehead atoms. The molecule has 0 N–H and O–H groups in total. The van der Waals surface area contributed by atoms with Crippen LogP contribution in [0.15, 0.2) is 66.7 Å². The first-order valence-electron chi connectivity index (χ1n) is 9.85. The maximum absolute atomic E-state index is 11.5. The molecule has 0 unspecified atom stereocenters. The Morgan fingerprint density at radius 2 is 1.38 bits per heavy atom. The Hall–Kier alpha value is -3.07. The zero-order valence-corrected chi connectivity index (χ0v) is 17.6. The van der Waals surface area contributed by atoms with E-state index in [0.717, 1.165) is 17.4 Å². The topological polar surface area (TPSA) is 35.5 Å². The van der Waals surface area contributed by atoms with Crippen molar-refractivity contribution in [2.45, 2.75) is 46.3 Å². The smallest absolute Gasteiger partial charge is 0.153 e. The lowest BCUT2D eigenvalue weighted by Crippen LogP contribution is -2.10. The minimum absolute atomic E-state index is 0.123. The monoisotopic (exact) mass is 388 g/mol. The third-order valence-electron chi connectivity index (χ3n) is 4.85. The fraction of sp³-hybridized carbons (Fsp3) is 0.269. The van der Waals surface area contributed by atoms with Crippen LogP contribution in [-0.4, -0.2) is 6.29 Å². The molecule has 0 saturated carbocycles. The van der Waals surface area contributed by atoms with Gasteiger partial charge >= 0.3 is 0 Å². The molecule has 150 valence electrons. The second kappa shape index (κ2) is 8.95. The predicted octanol–water partition coefficient (Wildman–Crippen LogP) is 6.26. The highest BCUT2D eigenvalue weighted by Gasteiger charge is 2.13. The minimum atomic E-state index is 0.123. The van der Waals surface area contributed by atoms with Gasteiger partial charge in [-0.3, -0.25) is 4.79 Å². The number of benzene rings is 3. The Kier molecular flexibility index (Phi) is 6.38. The summed E-state index contributed by atoms with van der Waals surface area (Å²) in [6.07, 6.45) is 0.802. The molecule has 0 saturated heterocycles. The SMILES string of the molecule is Cc1ccc(COc2ccc(OCc3ccc(C(C)(C)C)cc3)c(C=O)c2)cc1. The zero-order valence-electron chi connectivity index (χ0n) is 17.6. The summed E-state index contributed by atoms with van der Waals surface area (Å²) in [6, 6.07) is 21.9. The van der Waals surface area contributed by atoms with Gasteiger partial charge in [-0.2, -0.15) is 0 Å². The van der Waals surface area contributed by atoms with E-state index in [-0.39, 0.29) is 5.41 Å². The predicted molar refractivity (Wildman–Crippen MR) is 117 cm³/mol. The molecule has 3 rings (SSSR count). The van der Waals surface area contributed by atoms with Gasteiger partial charge < -0.3 is 9.47 Å². The van der Waals surface area contributed by atoms with Crippen molar-refractivity contribution in [2.24, 2.45) is 0 Å². The highest BCUT2D eigenvalue weighted by atomic mass is 16.5. The first-order chi connectivity index (χ1) is 13.8. The van der Waals surface area contributed by atoms with Crippen molar-refractivity contribution < 1.29 is 14.3 Å². The van der Waals surface area contributed by atoms with Crippen molar-refractivity contribution in [2.75, 3.05) is 0 Å². The molecule has 0 radical (unpaired) electrons. The summed E-state index contributed by atoms with van der Waals surface area (Å²) in [6.45, 7) is 9.50. The van der Waals surface area contributed by atoms with Crippen molar-refractivity contribution in [3.8, 4) is 11.5 Å². The summed E-state index contributed by atoms with van der Waals surface area (Å²) in [5.41, 5.74) is 5.25. The number of carbonyl (C=O) groups excluding carboxylic acids is 1. The van der Waals surface area contributed by atoms with E-state index in [9.17, 15) is 4.79 Å². The maximum Gasteiger partial charge on any atom is 0.153 e. The Morgan fingerprint density at radius 3 is 1.97 bits per heavy atom. The van der Waals surface area contributed by atoms with E-state index in [1.54, 1.807) is 12.1 Å². The van der Waals surface area contributed by atoms with Crippen molar-refractivity contribution in [1.82, 2.24) is 0 Å². The number of aldehydes is 1. The molecule has 0 atom stereocenters. The van der Waals surface area contributed by atoms with Crippen molar-refractivity contribution in [3.05, 3.63) is 94.5 Å². The third kappa shape index (κ3) is 5.71. The van der Waals surface area contributed by atoms with E-state index in [4.69, 9.17) is 9.47 Å². The lowest BCUT2D eigenvalue weighted by molar-refractivity contribution is 0.111. The number of ether oxygens (including phenoxy) is 2. The molecule has 0 aliphatic heterocycles. The van der Waals surface area contributed by atoms with Gasteiger partial charge in [0.2, 0.25) is 0 Å². The second-order valence-corrected chi connectivity index (χ2v) is 8.33. The molecular formula is C26H28O3. The van der Waals surface area contributed by atoms with Gasteiger partial charge in [0.25, 0.3) is 0 Å². The van der Waals surface area contributed by atoms with Crippen LogP contribution in [0.5, 0.6) is 11.5 Å². The van der Waals surface area contributed by atoms with Crippen LogP contribution in [0.2, 0.25) is 0 Å². The van der Waals surface area contributed by atoms with Gasteiger partial charge in [0, 0.05) is 0 Å². The molecule has 3 nitrogen and oxygen atoms in total. The lowest BCUT2D eigenvalue weighted by Gasteiger charge is -2.19. The van der Waals surface area contributed by atoms with Crippen LogP contribution in [0.1, 0.15) is 53.4 Å². The van der Waals surface area contributed by atoms with Crippen LogP contribution in [-0.2, 0) is 18.6 Å². The molecule has 0 spiro atoms. The standard InChI is InChI=1S/C26H28O3/c1-19-5-7-20(8-6-19)17-28-24-13-14-25(22(15-24)16-27)29-18-21-9-11-23(12-10-21)26(2,3)4/h5-16H,17-18H2,1-4H3. The first kappa shape index (κ1) is 20.7. The summed E-state index contributed by atoms with van der Waals surface area (Å²) in [5.74, 6) is 1.21. The quantitative estimate of drug-likeness (QED) is 0.448. The van der Waals surface area contributed by atoms with Gasteiger partial charge in [-0.05, 0) is 47.2 Å². The largest absolute Gasteiger partial charge is 0.489 e. The van der Waals surface area contributed by atoms with Crippen LogP contribution >= 0.6 is 0 Å². The first-order valence-corrected chi connectivity index (χ1v) is 9.85. The average Bonchev–Trinajstić information content (AvgIpc) is 2.71. The summed E-state index contributed by atoms with van der Waals surface area (Å²) in [7, 11) is 0. The molecule has 3 heteroatoms. The van der Waals surface area contributed by atoms with Gasteiger partial charge in [0.15, 0.2) is 6.29 Å². The van der Waals surface area contributed by atoms with Crippen LogP contribution in [0, 0.1) is 6.92 Å². The van der Waals surface area contributed by atoms with Gasteiger partial charge in [0.1, 0.15) is 24.7 Å². The summed E-state index contributed by atoms with van der Waals surface area (Å²) < 4.78 is 11.7. The molecule has 0 amide bonds. The Labute approximate surface area is 173 Å². The number of carbonyl (C=O) groups is 1. The van der Waals surface area contributed by atoms with E-state index in [1.165, 1.54) is 11.1 Å². The number of hydrogen-bond acceptors (Lipinski definition) is 3. The van der Waals surface area contributed by atoms with Crippen LogP contribution in [0.3, 0.4) is 0 Å². The van der Waals surface area contributed by atoms with E-state index >= 15 is 0 Å². The van der Waals surface area contributed by atoms with Gasteiger partial charge in [-0.15, -0.1) is 0 Å². The van der Waals surface area contributed by atoms with Gasteiger partial charge in [-0.1, -0.05) is 74.9 Å². The van der Waals surface area contributed by atoms with Crippen molar-refractivity contribution >= 4 is 6.29 Å². The summed E-state index contributed by atoms with van der Waals surface area (Å²) in [4.78, 5) is 11.5. The van der Waals surface area contributed by atoms with E-state index in [2.05, 4.69) is 64.1 Å². The normalized spacial score (nSPS) is 11.2. The highest BCUT2D eigenvalue weighted by Crippen LogP contribution is 2.26. The minimum Gasteiger partial charge on any atom is -0.489 e.